The molecule has 210 valence electrons. The first-order chi connectivity index (χ1) is 18.2. The minimum atomic E-state index is -0.454. The van der Waals surface area contributed by atoms with Crippen molar-refractivity contribution in [3.05, 3.63) is 35.9 Å². The first-order valence-corrected chi connectivity index (χ1v) is 14.4. The molecule has 0 unspecified atom stereocenters. The number of carbonyl (C=O) groups excluding carboxylic acids is 3. The van der Waals surface area contributed by atoms with Crippen LogP contribution in [0.4, 0.5) is 9.59 Å². The van der Waals surface area contributed by atoms with E-state index >= 15 is 0 Å². The second kappa shape index (κ2) is 12.9. The standard InChI is InChI=1S/C30H45N3O5/c1-30(2,3)38-29(36)33-17-11-24(12-18-33)21-23-9-15-31(16-10-23)27(34)26-13-19-32(20-14-26)28(35)37-22-25-7-5-4-6-8-25/h4-8,23-24,26H,9-22H2,1-3H3. The fraction of sp³-hybridized carbons (Fsp3) is 0.700. The summed E-state index contributed by atoms with van der Waals surface area (Å²) in [4.78, 5) is 43.6. The Morgan fingerprint density at radius 2 is 1.24 bits per heavy atom. The van der Waals surface area contributed by atoms with Gasteiger partial charge < -0.3 is 24.2 Å². The van der Waals surface area contributed by atoms with E-state index in [1.165, 1.54) is 6.42 Å². The second-order valence-corrected chi connectivity index (χ2v) is 12.2. The third-order valence-corrected chi connectivity index (χ3v) is 8.17. The van der Waals surface area contributed by atoms with E-state index in [0.717, 1.165) is 57.4 Å². The topological polar surface area (TPSA) is 79.4 Å². The minimum Gasteiger partial charge on any atom is -0.445 e. The molecular formula is C30H45N3O5. The highest BCUT2D eigenvalue weighted by atomic mass is 16.6. The molecule has 1 aromatic rings. The van der Waals surface area contributed by atoms with Crippen LogP contribution in [-0.4, -0.2) is 77.7 Å². The lowest BCUT2D eigenvalue weighted by molar-refractivity contribution is -0.138. The van der Waals surface area contributed by atoms with E-state index < -0.39 is 5.60 Å². The van der Waals surface area contributed by atoms with Crippen molar-refractivity contribution >= 4 is 18.1 Å². The number of likely N-dealkylation sites (tertiary alicyclic amines) is 3. The number of hydrogen-bond donors (Lipinski definition) is 0. The van der Waals surface area contributed by atoms with Crippen molar-refractivity contribution in [1.82, 2.24) is 14.7 Å². The summed E-state index contributed by atoms with van der Waals surface area (Å²) in [6.07, 6.45) is 6.29. The van der Waals surface area contributed by atoms with Gasteiger partial charge in [-0.1, -0.05) is 30.3 Å². The van der Waals surface area contributed by atoms with Crippen molar-refractivity contribution in [2.24, 2.45) is 17.8 Å². The van der Waals surface area contributed by atoms with Crippen molar-refractivity contribution in [2.45, 2.75) is 77.9 Å². The lowest BCUT2D eigenvalue weighted by atomic mass is 9.82. The summed E-state index contributed by atoms with van der Waals surface area (Å²) in [6.45, 7) is 10.3. The smallest absolute Gasteiger partial charge is 0.410 e. The summed E-state index contributed by atoms with van der Waals surface area (Å²) in [7, 11) is 0. The Bertz CT molecular complexity index is 923. The van der Waals surface area contributed by atoms with Gasteiger partial charge in [0.1, 0.15) is 12.2 Å². The van der Waals surface area contributed by atoms with Gasteiger partial charge in [0.25, 0.3) is 0 Å². The first kappa shape index (κ1) is 28.2. The van der Waals surface area contributed by atoms with Gasteiger partial charge in [-0.3, -0.25) is 4.79 Å². The van der Waals surface area contributed by atoms with Crippen LogP contribution in [0.1, 0.15) is 71.3 Å². The SMILES string of the molecule is CC(C)(C)OC(=O)N1CCC(CC2CCN(C(=O)C3CCN(C(=O)OCc4ccccc4)CC3)CC2)CC1. The quantitative estimate of drug-likeness (QED) is 0.518. The zero-order chi connectivity index (χ0) is 27.1. The van der Waals surface area contributed by atoms with Gasteiger partial charge in [-0.05, 0) is 83.1 Å². The number of rotatable bonds is 5. The van der Waals surface area contributed by atoms with Gasteiger partial charge in [-0.25, -0.2) is 9.59 Å². The van der Waals surface area contributed by atoms with E-state index in [1.54, 1.807) is 4.90 Å². The fourth-order valence-electron chi connectivity index (χ4n) is 5.92. The van der Waals surface area contributed by atoms with E-state index in [1.807, 2.05) is 56.0 Å². The summed E-state index contributed by atoms with van der Waals surface area (Å²) in [5.74, 6) is 1.55. The van der Waals surface area contributed by atoms with Crippen molar-refractivity contribution in [2.75, 3.05) is 39.3 Å². The Morgan fingerprint density at radius 1 is 0.737 bits per heavy atom. The van der Waals surface area contributed by atoms with Crippen LogP contribution in [0.3, 0.4) is 0 Å². The van der Waals surface area contributed by atoms with Crippen molar-refractivity contribution in [3.63, 3.8) is 0 Å². The van der Waals surface area contributed by atoms with E-state index in [2.05, 4.69) is 4.90 Å². The highest BCUT2D eigenvalue weighted by molar-refractivity contribution is 5.79. The fourth-order valence-corrected chi connectivity index (χ4v) is 5.92. The Hall–Kier alpha value is -2.77. The molecule has 0 atom stereocenters. The maximum atomic E-state index is 13.2. The molecule has 3 heterocycles. The molecule has 8 nitrogen and oxygen atoms in total. The number of piperidine rings is 3. The van der Waals surface area contributed by atoms with E-state index in [4.69, 9.17) is 9.47 Å². The summed E-state index contributed by atoms with van der Waals surface area (Å²) >= 11 is 0. The van der Waals surface area contributed by atoms with Crippen LogP contribution in [0.5, 0.6) is 0 Å². The molecule has 8 heteroatoms. The molecule has 0 saturated carbocycles. The summed E-state index contributed by atoms with van der Waals surface area (Å²) in [5.41, 5.74) is 0.519. The molecule has 4 rings (SSSR count). The summed E-state index contributed by atoms with van der Waals surface area (Å²) in [5, 5.41) is 0. The molecule has 1 aromatic carbocycles. The largest absolute Gasteiger partial charge is 0.445 e. The van der Waals surface area contributed by atoms with Gasteiger partial charge in [0, 0.05) is 45.2 Å². The van der Waals surface area contributed by atoms with E-state index in [-0.39, 0.29) is 30.6 Å². The van der Waals surface area contributed by atoms with Crippen LogP contribution in [0.2, 0.25) is 0 Å². The molecule has 38 heavy (non-hydrogen) atoms. The highest BCUT2D eigenvalue weighted by Gasteiger charge is 2.34. The first-order valence-electron chi connectivity index (χ1n) is 14.4. The van der Waals surface area contributed by atoms with Crippen molar-refractivity contribution in [3.8, 4) is 0 Å². The number of nitrogens with zero attached hydrogens (tertiary/aromatic N) is 3. The Labute approximate surface area is 227 Å². The van der Waals surface area contributed by atoms with Crippen LogP contribution in [0.15, 0.2) is 30.3 Å². The van der Waals surface area contributed by atoms with Crippen LogP contribution >= 0.6 is 0 Å². The molecule has 0 bridgehead atoms. The Morgan fingerprint density at radius 3 is 1.79 bits per heavy atom. The predicted octanol–water partition coefficient (Wildman–Crippen LogP) is 5.31. The van der Waals surface area contributed by atoms with Gasteiger partial charge in [-0.2, -0.15) is 0 Å². The highest BCUT2D eigenvalue weighted by Crippen LogP contribution is 2.31. The number of carbonyl (C=O) groups is 3. The van der Waals surface area contributed by atoms with Crippen LogP contribution in [0, 0.1) is 17.8 Å². The van der Waals surface area contributed by atoms with Gasteiger partial charge >= 0.3 is 12.2 Å². The lowest BCUT2D eigenvalue weighted by Gasteiger charge is -2.39. The molecule has 0 N–H and O–H groups in total. The molecule has 0 spiro atoms. The predicted molar refractivity (Wildman–Crippen MR) is 145 cm³/mol. The van der Waals surface area contributed by atoms with Crippen molar-refractivity contribution < 1.29 is 23.9 Å². The van der Waals surface area contributed by atoms with Crippen LogP contribution in [0.25, 0.3) is 0 Å². The van der Waals surface area contributed by atoms with Crippen LogP contribution in [-0.2, 0) is 20.9 Å². The third-order valence-electron chi connectivity index (χ3n) is 8.17. The van der Waals surface area contributed by atoms with Crippen LogP contribution < -0.4 is 0 Å². The Kier molecular flexibility index (Phi) is 9.55. The van der Waals surface area contributed by atoms with E-state index in [0.29, 0.717) is 37.8 Å². The molecule has 3 fully saturated rings. The summed E-state index contributed by atoms with van der Waals surface area (Å²) in [6, 6.07) is 9.68. The molecule has 3 saturated heterocycles. The normalized spacial score (nSPS) is 20.3. The molecule has 0 aromatic heterocycles. The zero-order valence-corrected chi connectivity index (χ0v) is 23.4. The van der Waals surface area contributed by atoms with Crippen molar-refractivity contribution in [1.29, 1.82) is 0 Å². The zero-order valence-electron chi connectivity index (χ0n) is 23.4. The molecule has 0 radical (unpaired) electrons. The molecule has 3 amide bonds. The summed E-state index contributed by atoms with van der Waals surface area (Å²) < 4.78 is 11.0. The minimum absolute atomic E-state index is 0.00176. The maximum Gasteiger partial charge on any atom is 0.410 e. The van der Waals surface area contributed by atoms with E-state index in [9.17, 15) is 14.4 Å². The maximum absolute atomic E-state index is 13.2. The molecule has 3 aliphatic heterocycles. The monoisotopic (exact) mass is 527 g/mol. The average Bonchev–Trinajstić information content (AvgIpc) is 2.92. The van der Waals surface area contributed by atoms with Gasteiger partial charge in [-0.15, -0.1) is 0 Å². The molecule has 0 aliphatic carbocycles. The lowest BCUT2D eigenvalue weighted by Crippen LogP contribution is -2.47. The average molecular weight is 528 g/mol. The number of hydrogen-bond acceptors (Lipinski definition) is 5. The van der Waals surface area contributed by atoms with Gasteiger partial charge in [0.05, 0.1) is 0 Å². The number of benzene rings is 1. The van der Waals surface area contributed by atoms with Gasteiger partial charge in [0.2, 0.25) is 5.91 Å². The van der Waals surface area contributed by atoms with Gasteiger partial charge in [0.15, 0.2) is 0 Å². The molecule has 3 aliphatic rings. The number of ether oxygens (including phenoxy) is 2. The number of amides is 3. The second-order valence-electron chi connectivity index (χ2n) is 12.2. The third kappa shape index (κ3) is 8.11. The Balaban J connectivity index is 1.11. The molecular weight excluding hydrogens is 482 g/mol.